The maximum atomic E-state index is 13.2. The molecule has 12 heteroatoms. The lowest BCUT2D eigenvalue weighted by Crippen LogP contribution is -2.27. The Labute approximate surface area is 154 Å². The van der Waals surface area contributed by atoms with E-state index in [4.69, 9.17) is 11.5 Å². The van der Waals surface area contributed by atoms with E-state index < -0.39 is 29.2 Å². The minimum atomic E-state index is -5.03. The van der Waals surface area contributed by atoms with E-state index in [2.05, 4.69) is 9.97 Å². The van der Waals surface area contributed by atoms with Crippen molar-refractivity contribution in [2.75, 3.05) is 11.5 Å². The van der Waals surface area contributed by atoms with Gasteiger partial charge in [0.2, 0.25) is 0 Å². The number of benzene rings is 1. The Balaban J connectivity index is 2.26. The van der Waals surface area contributed by atoms with E-state index >= 15 is 0 Å². The third-order valence-corrected chi connectivity index (χ3v) is 3.80. The van der Waals surface area contributed by atoms with Crippen LogP contribution in [-0.2, 0) is 0 Å². The van der Waals surface area contributed by atoms with Crippen LogP contribution >= 0.6 is 0 Å². The monoisotopic (exact) mass is 394 g/mol. The molecular weight excluding hydrogens is 381 g/mol. The molecule has 3 rings (SSSR count). The number of hydrogen-bond donors (Lipinski definition) is 3. The number of aromatic nitrogens is 4. The van der Waals surface area contributed by atoms with Gasteiger partial charge >= 0.3 is 17.6 Å². The van der Waals surface area contributed by atoms with E-state index in [-0.39, 0.29) is 23.0 Å². The zero-order valence-corrected chi connectivity index (χ0v) is 14.0. The van der Waals surface area contributed by atoms with Gasteiger partial charge in [0.1, 0.15) is 11.6 Å². The molecule has 3 aromatic rings. The lowest BCUT2D eigenvalue weighted by atomic mass is 10.0. The smallest absolute Gasteiger partial charge is 0.383 e. The number of aliphatic hydroxyl groups is 1. The van der Waals surface area contributed by atoms with E-state index in [1.54, 1.807) is 0 Å². The molecule has 0 saturated carbocycles. The third kappa shape index (κ3) is 3.57. The summed E-state index contributed by atoms with van der Waals surface area (Å²) < 4.78 is 41.3. The second-order valence-electron chi connectivity index (χ2n) is 5.70. The van der Waals surface area contributed by atoms with Crippen molar-refractivity contribution in [1.29, 1.82) is 0 Å². The number of nitrogen functional groups attached to an aromatic ring is 2. The summed E-state index contributed by atoms with van der Waals surface area (Å²) in [5, 5.41) is 9.82. The Bertz CT molecular complexity index is 1160. The molecule has 2 heterocycles. The fourth-order valence-electron chi connectivity index (χ4n) is 2.52. The molecule has 146 valence electrons. The van der Waals surface area contributed by atoms with Crippen LogP contribution in [0.4, 0.5) is 24.8 Å². The largest absolute Gasteiger partial charge is 0.418 e. The van der Waals surface area contributed by atoms with Crippen molar-refractivity contribution < 1.29 is 18.3 Å². The van der Waals surface area contributed by atoms with Gasteiger partial charge in [0.25, 0.3) is 0 Å². The number of nitrogens with zero attached hydrogens (tertiary/aromatic N) is 4. The Hall–Kier alpha value is -3.67. The summed E-state index contributed by atoms with van der Waals surface area (Å²) in [4.78, 5) is 31.0. The number of alkyl halides is 3. The van der Waals surface area contributed by atoms with Crippen LogP contribution in [0.25, 0.3) is 11.4 Å². The molecule has 9 nitrogen and oxygen atoms in total. The van der Waals surface area contributed by atoms with Crippen molar-refractivity contribution in [2.45, 2.75) is 12.3 Å². The van der Waals surface area contributed by atoms with Crippen LogP contribution in [0.2, 0.25) is 0 Å². The summed E-state index contributed by atoms with van der Waals surface area (Å²) in [7, 11) is 0. The zero-order chi connectivity index (χ0) is 20.6. The van der Waals surface area contributed by atoms with E-state index in [1.807, 2.05) is 0 Å². The van der Waals surface area contributed by atoms with Crippen molar-refractivity contribution in [2.24, 2.45) is 0 Å². The Kier molecular flexibility index (Phi) is 4.65. The van der Waals surface area contributed by atoms with Crippen LogP contribution in [0.15, 0.2) is 52.3 Å². The van der Waals surface area contributed by atoms with Crippen LogP contribution in [-0.4, -0.2) is 30.4 Å². The van der Waals surface area contributed by atoms with Gasteiger partial charge < -0.3 is 16.6 Å². The SMILES string of the molecule is Nc1ccn(-c2ccc(-n3ccc(N)nc3=O)c(C(O)C(F)(F)F)c2)c(=O)n1. The van der Waals surface area contributed by atoms with Gasteiger partial charge in [0.05, 0.1) is 11.4 Å². The minimum Gasteiger partial charge on any atom is -0.383 e. The second kappa shape index (κ2) is 6.81. The third-order valence-electron chi connectivity index (χ3n) is 3.80. The number of aliphatic hydroxyl groups excluding tert-OH is 1. The first-order valence-corrected chi connectivity index (χ1v) is 7.68. The van der Waals surface area contributed by atoms with Crippen molar-refractivity contribution in [3.8, 4) is 11.4 Å². The maximum absolute atomic E-state index is 13.2. The lowest BCUT2D eigenvalue weighted by molar-refractivity contribution is -0.206. The summed E-state index contributed by atoms with van der Waals surface area (Å²) in [5.41, 5.74) is 8.07. The highest BCUT2D eigenvalue weighted by molar-refractivity contribution is 5.51. The second-order valence-corrected chi connectivity index (χ2v) is 5.70. The first-order valence-electron chi connectivity index (χ1n) is 7.68. The van der Waals surface area contributed by atoms with Gasteiger partial charge in [-0.25, -0.2) is 9.59 Å². The van der Waals surface area contributed by atoms with Crippen LogP contribution < -0.4 is 22.8 Å². The molecule has 0 fully saturated rings. The van der Waals surface area contributed by atoms with Crippen molar-refractivity contribution in [1.82, 2.24) is 19.1 Å². The summed E-state index contributed by atoms with van der Waals surface area (Å²) in [5.74, 6) is -0.178. The van der Waals surface area contributed by atoms with E-state index in [9.17, 15) is 27.9 Å². The lowest BCUT2D eigenvalue weighted by Gasteiger charge is -2.20. The molecular formula is C16H13F3N6O3. The molecule has 0 aliphatic heterocycles. The van der Waals surface area contributed by atoms with Crippen LogP contribution in [0.3, 0.4) is 0 Å². The van der Waals surface area contributed by atoms with Crippen molar-refractivity contribution in [3.05, 3.63) is 69.3 Å². The van der Waals surface area contributed by atoms with Crippen molar-refractivity contribution >= 4 is 11.6 Å². The van der Waals surface area contributed by atoms with Crippen LogP contribution in [0.5, 0.6) is 0 Å². The van der Waals surface area contributed by atoms with Crippen molar-refractivity contribution in [3.63, 3.8) is 0 Å². The predicted molar refractivity (Wildman–Crippen MR) is 93.1 cm³/mol. The first kappa shape index (κ1) is 19.1. The van der Waals surface area contributed by atoms with Crippen LogP contribution in [0.1, 0.15) is 11.7 Å². The molecule has 0 aliphatic rings. The standard InChI is InChI=1S/C16H13F3N6O3/c17-16(18,19)13(26)9-7-8(24-5-3-11(20)22-14(24)27)1-2-10(9)25-6-4-12(21)23-15(25)28/h1-7,13,26H,(H2,20,22,27)(H2,21,23,28). The normalized spacial score (nSPS) is 12.7. The molecule has 0 radical (unpaired) electrons. The molecule has 0 aliphatic carbocycles. The molecule has 5 N–H and O–H groups in total. The molecule has 0 spiro atoms. The number of hydrogen-bond acceptors (Lipinski definition) is 7. The Morgan fingerprint density at radius 3 is 1.96 bits per heavy atom. The van der Waals surface area contributed by atoms with Gasteiger partial charge in [0.15, 0.2) is 6.10 Å². The quantitative estimate of drug-likeness (QED) is 0.588. The van der Waals surface area contributed by atoms with Gasteiger partial charge in [-0.3, -0.25) is 9.13 Å². The Morgan fingerprint density at radius 1 is 0.929 bits per heavy atom. The predicted octanol–water partition coefficient (Wildman–Crippen LogP) is 0.538. The van der Waals surface area contributed by atoms with Gasteiger partial charge in [0, 0.05) is 18.0 Å². The number of rotatable bonds is 3. The highest BCUT2D eigenvalue weighted by Crippen LogP contribution is 2.36. The van der Waals surface area contributed by atoms with Gasteiger partial charge in [-0.1, -0.05) is 0 Å². The van der Waals surface area contributed by atoms with Crippen LogP contribution in [0, 0.1) is 0 Å². The van der Waals surface area contributed by atoms with Gasteiger partial charge in [-0.2, -0.15) is 23.1 Å². The molecule has 0 amide bonds. The topological polar surface area (TPSA) is 142 Å². The molecule has 2 aromatic heterocycles. The molecule has 0 bridgehead atoms. The Morgan fingerprint density at radius 2 is 1.46 bits per heavy atom. The molecule has 1 atom stereocenters. The number of halogens is 3. The summed E-state index contributed by atoms with van der Waals surface area (Å²) >= 11 is 0. The average Bonchev–Trinajstić information content (AvgIpc) is 2.60. The summed E-state index contributed by atoms with van der Waals surface area (Å²) in [6.07, 6.45) is -5.60. The fourth-order valence-corrected chi connectivity index (χ4v) is 2.52. The minimum absolute atomic E-state index is 0.0176. The van der Waals surface area contributed by atoms with E-state index in [1.165, 1.54) is 24.4 Å². The first-order chi connectivity index (χ1) is 13.1. The average molecular weight is 394 g/mol. The summed E-state index contributed by atoms with van der Waals surface area (Å²) in [6, 6.07) is 5.85. The molecule has 0 saturated heterocycles. The zero-order valence-electron chi connectivity index (χ0n) is 14.0. The number of anilines is 2. The molecule has 1 aromatic carbocycles. The van der Waals surface area contributed by atoms with Gasteiger partial charge in [-0.15, -0.1) is 0 Å². The van der Waals surface area contributed by atoms with Gasteiger partial charge in [-0.05, 0) is 30.3 Å². The molecule has 28 heavy (non-hydrogen) atoms. The fraction of sp³-hybridized carbons (Fsp3) is 0.125. The maximum Gasteiger partial charge on any atom is 0.418 e. The molecule has 1 unspecified atom stereocenters. The summed E-state index contributed by atoms with van der Waals surface area (Å²) in [6.45, 7) is 0. The highest BCUT2D eigenvalue weighted by Gasteiger charge is 2.41. The highest BCUT2D eigenvalue weighted by atomic mass is 19.4. The van der Waals surface area contributed by atoms with E-state index in [0.717, 1.165) is 27.5 Å². The number of nitrogens with two attached hydrogens (primary N) is 2. The van der Waals surface area contributed by atoms with E-state index in [0.29, 0.717) is 0 Å².